The number of aromatic nitrogens is 2. The molecule has 1 fully saturated rings. The lowest BCUT2D eigenvalue weighted by atomic mass is 10.0. The van der Waals surface area contributed by atoms with E-state index in [-0.39, 0.29) is 5.91 Å². The summed E-state index contributed by atoms with van der Waals surface area (Å²) in [6.07, 6.45) is 1.22. The number of para-hydroxylation sites is 1. The lowest BCUT2D eigenvalue weighted by Gasteiger charge is -2.34. The Balaban J connectivity index is 1.25. The summed E-state index contributed by atoms with van der Waals surface area (Å²) in [4.78, 5) is 25.7. The van der Waals surface area contributed by atoms with Gasteiger partial charge >= 0.3 is 0 Å². The van der Waals surface area contributed by atoms with Crippen molar-refractivity contribution in [2.45, 2.75) is 26.3 Å². The number of methoxy groups -OCH3 is 1. The number of carbonyl (C=O) groups is 1. The van der Waals surface area contributed by atoms with Crippen LogP contribution < -0.4 is 4.74 Å². The Bertz CT molecular complexity index is 1270. The molecule has 0 aliphatic carbocycles. The van der Waals surface area contributed by atoms with Crippen LogP contribution >= 0.6 is 11.3 Å². The molecule has 1 aliphatic heterocycles. The van der Waals surface area contributed by atoms with Crippen molar-refractivity contribution >= 4 is 28.1 Å². The second-order valence-corrected chi connectivity index (χ2v) is 9.83. The van der Waals surface area contributed by atoms with Crippen molar-refractivity contribution in [1.82, 2.24) is 19.8 Å². The minimum absolute atomic E-state index is 0.232. The SMILES string of the molecule is COc1ccc(-c2[nH]c3ccccc3c2CCC(=O)N2CCN(Cc3csc(C)n3)CC2)cc1. The molecular formula is C27H30N4O2S. The van der Waals surface area contributed by atoms with Gasteiger partial charge in [-0.25, -0.2) is 4.98 Å². The Morgan fingerprint density at radius 2 is 1.85 bits per heavy atom. The van der Waals surface area contributed by atoms with Crippen molar-refractivity contribution in [2.75, 3.05) is 33.3 Å². The Labute approximate surface area is 204 Å². The third kappa shape index (κ3) is 4.86. The van der Waals surface area contributed by atoms with E-state index in [2.05, 4.69) is 50.6 Å². The van der Waals surface area contributed by atoms with E-state index >= 15 is 0 Å². The first kappa shape index (κ1) is 22.6. The highest BCUT2D eigenvalue weighted by atomic mass is 32.1. The van der Waals surface area contributed by atoms with Crippen molar-refractivity contribution in [3.63, 3.8) is 0 Å². The van der Waals surface area contributed by atoms with Crippen molar-refractivity contribution in [3.8, 4) is 17.0 Å². The average molecular weight is 475 g/mol. The van der Waals surface area contributed by atoms with Gasteiger partial charge in [0.1, 0.15) is 5.75 Å². The molecular weight excluding hydrogens is 444 g/mol. The summed E-state index contributed by atoms with van der Waals surface area (Å²) in [6.45, 7) is 6.26. The molecule has 34 heavy (non-hydrogen) atoms. The minimum atomic E-state index is 0.232. The minimum Gasteiger partial charge on any atom is -0.497 e. The molecule has 5 rings (SSSR count). The second-order valence-electron chi connectivity index (χ2n) is 8.77. The Kier molecular flexibility index (Phi) is 6.65. The van der Waals surface area contributed by atoms with E-state index < -0.39 is 0 Å². The summed E-state index contributed by atoms with van der Waals surface area (Å²) in [6, 6.07) is 16.4. The van der Waals surface area contributed by atoms with Crippen LogP contribution in [-0.4, -0.2) is 59.0 Å². The number of aryl methyl sites for hydroxylation is 2. The summed E-state index contributed by atoms with van der Waals surface area (Å²) in [7, 11) is 1.68. The molecule has 1 N–H and O–H groups in total. The van der Waals surface area contributed by atoms with Crippen LogP contribution in [0.2, 0.25) is 0 Å². The van der Waals surface area contributed by atoms with E-state index in [0.717, 1.165) is 65.9 Å². The highest BCUT2D eigenvalue weighted by Gasteiger charge is 2.22. The first-order chi connectivity index (χ1) is 16.6. The molecule has 1 aliphatic rings. The summed E-state index contributed by atoms with van der Waals surface area (Å²) >= 11 is 1.69. The number of amides is 1. The summed E-state index contributed by atoms with van der Waals surface area (Å²) in [5.74, 6) is 1.07. The third-order valence-electron chi connectivity index (χ3n) is 6.56. The fraction of sp³-hybridized carbons (Fsp3) is 0.333. The van der Waals surface area contributed by atoms with Gasteiger partial charge in [-0.1, -0.05) is 18.2 Å². The van der Waals surface area contributed by atoms with Crippen LogP contribution in [0.5, 0.6) is 5.75 Å². The molecule has 176 valence electrons. The maximum Gasteiger partial charge on any atom is 0.222 e. The van der Waals surface area contributed by atoms with E-state index in [1.807, 2.05) is 30.0 Å². The van der Waals surface area contributed by atoms with E-state index in [0.29, 0.717) is 12.8 Å². The first-order valence-electron chi connectivity index (χ1n) is 11.8. The molecule has 1 saturated heterocycles. The van der Waals surface area contributed by atoms with Gasteiger partial charge in [-0.2, -0.15) is 0 Å². The molecule has 3 heterocycles. The fourth-order valence-electron chi connectivity index (χ4n) is 4.72. The van der Waals surface area contributed by atoms with Gasteiger partial charge in [-0.05, 0) is 54.8 Å². The Morgan fingerprint density at radius 3 is 2.56 bits per heavy atom. The van der Waals surface area contributed by atoms with Gasteiger partial charge in [0.05, 0.1) is 17.8 Å². The quantitative estimate of drug-likeness (QED) is 0.415. The van der Waals surface area contributed by atoms with E-state index in [4.69, 9.17) is 4.74 Å². The fourth-order valence-corrected chi connectivity index (χ4v) is 5.32. The molecule has 7 heteroatoms. The van der Waals surface area contributed by atoms with Crippen LogP contribution in [0.1, 0.15) is 22.7 Å². The highest BCUT2D eigenvalue weighted by Crippen LogP contribution is 2.32. The monoisotopic (exact) mass is 474 g/mol. The number of fused-ring (bicyclic) bond motifs is 1. The molecule has 2 aromatic carbocycles. The number of rotatable bonds is 7. The van der Waals surface area contributed by atoms with Crippen molar-refractivity contribution in [1.29, 1.82) is 0 Å². The van der Waals surface area contributed by atoms with E-state index in [9.17, 15) is 4.79 Å². The van der Waals surface area contributed by atoms with E-state index in [1.165, 1.54) is 10.9 Å². The molecule has 0 unspecified atom stereocenters. The average Bonchev–Trinajstić information content (AvgIpc) is 3.46. The molecule has 2 aromatic heterocycles. The number of H-pyrrole nitrogens is 1. The highest BCUT2D eigenvalue weighted by molar-refractivity contribution is 7.09. The lowest BCUT2D eigenvalue weighted by molar-refractivity contribution is -0.132. The maximum atomic E-state index is 13.1. The smallest absolute Gasteiger partial charge is 0.222 e. The predicted molar refractivity (Wildman–Crippen MR) is 137 cm³/mol. The zero-order valence-electron chi connectivity index (χ0n) is 19.7. The molecule has 0 radical (unpaired) electrons. The predicted octanol–water partition coefficient (Wildman–Crippen LogP) is 4.89. The number of hydrogen-bond acceptors (Lipinski definition) is 5. The number of benzene rings is 2. The summed E-state index contributed by atoms with van der Waals surface area (Å²) < 4.78 is 5.32. The van der Waals surface area contributed by atoms with Crippen molar-refractivity contribution < 1.29 is 9.53 Å². The zero-order valence-corrected chi connectivity index (χ0v) is 20.5. The van der Waals surface area contributed by atoms with Gasteiger partial charge in [0, 0.05) is 61.1 Å². The maximum absolute atomic E-state index is 13.1. The lowest BCUT2D eigenvalue weighted by Crippen LogP contribution is -2.48. The number of nitrogens with one attached hydrogen (secondary N) is 1. The molecule has 0 bridgehead atoms. The summed E-state index contributed by atoms with van der Waals surface area (Å²) in [5, 5.41) is 4.42. The zero-order chi connectivity index (χ0) is 23.5. The number of ether oxygens (including phenoxy) is 1. The molecule has 1 amide bonds. The number of piperazine rings is 1. The van der Waals surface area contributed by atoms with Gasteiger partial charge in [-0.15, -0.1) is 11.3 Å². The number of hydrogen-bond donors (Lipinski definition) is 1. The number of nitrogens with zero attached hydrogens (tertiary/aromatic N) is 3. The first-order valence-corrected chi connectivity index (χ1v) is 12.6. The molecule has 0 atom stereocenters. The number of aromatic amines is 1. The van der Waals surface area contributed by atoms with Crippen LogP contribution in [0.3, 0.4) is 0 Å². The number of carbonyl (C=O) groups excluding carboxylic acids is 1. The molecule has 6 nitrogen and oxygen atoms in total. The van der Waals surface area contributed by atoms with Gasteiger partial charge in [0.2, 0.25) is 5.91 Å². The van der Waals surface area contributed by atoms with Gasteiger partial charge in [0.25, 0.3) is 0 Å². The van der Waals surface area contributed by atoms with Crippen LogP contribution in [0.15, 0.2) is 53.9 Å². The van der Waals surface area contributed by atoms with Crippen LogP contribution in [0, 0.1) is 6.92 Å². The van der Waals surface area contributed by atoms with Gasteiger partial charge in [0.15, 0.2) is 0 Å². The number of thiazole rings is 1. The van der Waals surface area contributed by atoms with Crippen LogP contribution in [-0.2, 0) is 17.8 Å². The normalized spacial score (nSPS) is 14.6. The van der Waals surface area contributed by atoms with Gasteiger partial charge < -0.3 is 14.6 Å². The Hall–Kier alpha value is -3.16. The molecule has 0 spiro atoms. The van der Waals surface area contributed by atoms with Crippen LogP contribution in [0.4, 0.5) is 0 Å². The third-order valence-corrected chi connectivity index (χ3v) is 7.38. The largest absolute Gasteiger partial charge is 0.497 e. The summed E-state index contributed by atoms with van der Waals surface area (Å²) in [5.41, 5.74) is 5.62. The topological polar surface area (TPSA) is 61.5 Å². The van der Waals surface area contributed by atoms with E-state index in [1.54, 1.807) is 18.4 Å². The standard InChI is InChI=1S/C27H30N4O2S/c1-19-28-21(18-34-19)17-30-13-15-31(16-14-30)26(32)12-11-24-23-5-3-4-6-25(23)29-27(24)20-7-9-22(33-2)10-8-20/h3-10,18,29H,11-17H2,1-2H3. The van der Waals surface area contributed by atoms with Gasteiger partial charge in [-0.3, -0.25) is 9.69 Å². The molecule has 4 aromatic rings. The van der Waals surface area contributed by atoms with Crippen molar-refractivity contribution in [2.24, 2.45) is 0 Å². The Morgan fingerprint density at radius 1 is 1.09 bits per heavy atom. The second kappa shape index (κ2) is 9.99. The van der Waals surface area contributed by atoms with Crippen LogP contribution in [0.25, 0.3) is 22.2 Å². The van der Waals surface area contributed by atoms with Crippen molar-refractivity contribution in [3.05, 3.63) is 70.2 Å². The molecule has 0 saturated carbocycles.